The summed E-state index contributed by atoms with van der Waals surface area (Å²) < 4.78 is 0. The molecule has 2 rings (SSSR count). The average molecular weight is 214 g/mol. The van der Waals surface area contributed by atoms with Crippen LogP contribution >= 0.6 is 11.8 Å². The van der Waals surface area contributed by atoms with Crippen molar-refractivity contribution in [3.63, 3.8) is 0 Å². The molecule has 2 aliphatic rings. The van der Waals surface area contributed by atoms with Crippen molar-refractivity contribution in [1.82, 2.24) is 0 Å². The van der Waals surface area contributed by atoms with Gasteiger partial charge in [0.2, 0.25) is 0 Å². The van der Waals surface area contributed by atoms with Gasteiger partial charge in [-0.15, -0.1) is 0 Å². The molecule has 2 aliphatic carbocycles. The van der Waals surface area contributed by atoms with Gasteiger partial charge in [0.05, 0.1) is 6.10 Å². The van der Waals surface area contributed by atoms with E-state index < -0.39 is 0 Å². The number of rotatable bonds is 2. The Morgan fingerprint density at radius 3 is 2.21 bits per heavy atom. The molecule has 2 unspecified atom stereocenters. The number of hydrogen-bond acceptors (Lipinski definition) is 2. The summed E-state index contributed by atoms with van der Waals surface area (Å²) in [7, 11) is 0. The van der Waals surface area contributed by atoms with Crippen LogP contribution in [0.1, 0.15) is 57.8 Å². The van der Waals surface area contributed by atoms with Gasteiger partial charge in [-0.05, 0) is 25.7 Å². The molecule has 0 aromatic heterocycles. The van der Waals surface area contributed by atoms with Crippen LogP contribution in [0.25, 0.3) is 0 Å². The molecule has 82 valence electrons. The SMILES string of the molecule is OC1CCCCCC1SC1CCCC1. The van der Waals surface area contributed by atoms with E-state index in [0.717, 1.165) is 11.7 Å². The van der Waals surface area contributed by atoms with Crippen molar-refractivity contribution >= 4 is 11.8 Å². The fourth-order valence-corrected chi connectivity index (χ4v) is 4.40. The Labute approximate surface area is 91.7 Å². The quantitative estimate of drug-likeness (QED) is 0.711. The van der Waals surface area contributed by atoms with Gasteiger partial charge in [0.15, 0.2) is 0 Å². The first-order valence-corrected chi connectivity index (χ1v) is 7.14. The number of aliphatic hydroxyl groups excluding tert-OH is 1. The Morgan fingerprint density at radius 2 is 1.43 bits per heavy atom. The normalized spacial score (nSPS) is 35.8. The van der Waals surface area contributed by atoms with Crippen molar-refractivity contribution in [2.75, 3.05) is 0 Å². The van der Waals surface area contributed by atoms with Crippen molar-refractivity contribution in [3.05, 3.63) is 0 Å². The Kier molecular flexibility index (Phi) is 4.18. The van der Waals surface area contributed by atoms with Crippen molar-refractivity contribution < 1.29 is 5.11 Å². The molecule has 0 aromatic rings. The third kappa shape index (κ3) is 2.90. The van der Waals surface area contributed by atoms with Crippen LogP contribution in [-0.2, 0) is 0 Å². The van der Waals surface area contributed by atoms with Crippen LogP contribution in [0.15, 0.2) is 0 Å². The van der Waals surface area contributed by atoms with E-state index in [4.69, 9.17) is 0 Å². The largest absolute Gasteiger partial charge is 0.392 e. The maximum absolute atomic E-state index is 9.99. The van der Waals surface area contributed by atoms with Gasteiger partial charge in [-0.1, -0.05) is 32.1 Å². The number of aliphatic hydroxyl groups is 1. The third-order valence-corrected chi connectivity index (χ3v) is 5.34. The zero-order valence-corrected chi connectivity index (χ0v) is 9.77. The van der Waals surface area contributed by atoms with Crippen LogP contribution in [0.3, 0.4) is 0 Å². The minimum absolute atomic E-state index is 0.0110. The standard InChI is InChI=1S/C12H22OS/c13-11-8-2-1-3-9-12(11)14-10-6-4-5-7-10/h10-13H,1-9H2. The Balaban J connectivity index is 1.81. The molecule has 0 bridgehead atoms. The predicted octanol–water partition coefficient (Wildman–Crippen LogP) is 3.36. The van der Waals surface area contributed by atoms with Gasteiger partial charge in [0.1, 0.15) is 0 Å². The van der Waals surface area contributed by atoms with Gasteiger partial charge in [0, 0.05) is 10.5 Å². The van der Waals surface area contributed by atoms with Gasteiger partial charge in [-0.3, -0.25) is 0 Å². The first-order chi connectivity index (χ1) is 6.86. The van der Waals surface area contributed by atoms with Crippen molar-refractivity contribution in [3.8, 4) is 0 Å². The summed E-state index contributed by atoms with van der Waals surface area (Å²) >= 11 is 2.10. The summed E-state index contributed by atoms with van der Waals surface area (Å²) in [6.45, 7) is 0. The summed E-state index contributed by atoms with van der Waals surface area (Å²) in [5.74, 6) is 0. The lowest BCUT2D eigenvalue weighted by atomic mass is 10.1. The molecule has 14 heavy (non-hydrogen) atoms. The molecule has 1 nitrogen and oxygen atoms in total. The molecule has 2 saturated carbocycles. The molecule has 2 heteroatoms. The van der Waals surface area contributed by atoms with Crippen molar-refractivity contribution in [1.29, 1.82) is 0 Å². The van der Waals surface area contributed by atoms with E-state index >= 15 is 0 Å². The maximum atomic E-state index is 9.99. The van der Waals surface area contributed by atoms with Crippen molar-refractivity contribution in [2.24, 2.45) is 0 Å². The second kappa shape index (κ2) is 5.41. The lowest BCUT2D eigenvalue weighted by molar-refractivity contribution is 0.163. The molecule has 0 heterocycles. The molecule has 0 aliphatic heterocycles. The first kappa shape index (κ1) is 10.8. The highest BCUT2D eigenvalue weighted by Gasteiger charge is 2.26. The summed E-state index contributed by atoms with van der Waals surface area (Å²) in [5, 5.41) is 11.4. The van der Waals surface area contributed by atoms with E-state index in [9.17, 15) is 5.11 Å². The fourth-order valence-electron chi connectivity index (χ4n) is 2.68. The summed E-state index contributed by atoms with van der Waals surface area (Å²) in [6.07, 6.45) is 11.8. The Bertz CT molecular complexity index is 166. The van der Waals surface area contributed by atoms with Gasteiger partial charge in [-0.25, -0.2) is 0 Å². The molecule has 1 N–H and O–H groups in total. The van der Waals surface area contributed by atoms with Gasteiger partial charge in [0.25, 0.3) is 0 Å². The molecule has 2 fully saturated rings. The molecule has 0 aromatic carbocycles. The predicted molar refractivity (Wildman–Crippen MR) is 62.7 cm³/mol. The second-order valence-corrected chi connectivity index (χ2v) is 6.33. The minimum Gasteiger partial charge on any atom is -0.392 e. The molecule has 0 amide bonds. The van der Waals surface area contributed by atoms with Gasteiger partial charge < -0.3 is 5.11 Å². The van der Waals surface area contributed by atoms with Crippen LogP contribution in [0.4, 0.5) is 0 Å². The van der Waals surface area contributed by atoms with E-state index in [1.54, 1.807) is 0 Å². The molecule has 0 saturated heterocycles. The molecule has 0 radical (unpaired) electrons. The topological polar surface area (TPSA) is 20.2 Å². The molecule has 2 atom stereocenters. The lowest BCUT2D eigenvalue weighted by Gasteiger charge is -2.23. The van der Waals surface area contributed by atoms with Crippen LogP contribution in [0.5, 0.6) is 0 Å². The zero-order chi connectivity index (χ0) is 9.80. The summed E-state index contributed by atoms with van der Waals surface area (Å²) in [4.78, 5) is 0. The van der Waals surface area contributed by atoms with E-state index in [-0.39, 0.29) is 6.10 Å². The fraction of sp³-hybridized carbons (Fsp3) is 1.00. The van der Waals surface area contributed by atoms with E-state index in [1.165, 1.54) is 51.4 Å². The highest BCUT2D eigenvalue weighted by molar-refractivity contribution is 8.00. The molecular weight excluding hydrogens is 192 g/mol. The molecule has 0 spiro atoms. The van der Waals surface area contributed by atoms with Crippen molar-refractivity contribution in [2.45, 2.75) is 74.4 Å². The lowest BCUT2D eigenvalue weighted by Crippen LogP contribution is -2.23. The highest BCUT2D eigenvalue weighted by Crippen LogP contribution is 2.37. The highest BCUT2D eigenvalue weighted by atomic mass is 32.2. The van der Waals surface area contributed by atoms with E-state index in [1.807, 2.05) is 0 Å². The number of thioether (sulfide) groups is 1. The monoisotopic (exact) mass is 214 g/mol. The second-order valence-electron chi connectivity index (χ2n) is 4.79. The van der Waals surface area contributed by atoms with Gasteiger partial charge in [-0.2, -0.15) is 11.8 Å². The van der Waals surface area contributed by atoms with Gasteiger partial charge >= 0.3 is 0 Å². The maximum Gasteiger partial charge on any atom is 0.0658 e. The number of hydrogen-bond donors (Lipinski definition) is 1. The van der Waals surface area contributed by atoms with Crippen LogP contribution in [0.2, 0.25) is 0 Å². The Hall–Kier alpha value is 0.310. The molecular formula is C12H22OS. The van der Waals surface area contributed by atoms with E-state index in [0.29, 0.717) is 5.25 Å². The first-order valence-electron chi connectivity index (χ1n) is 6.20. The van der Waals surface area contributed by atoms with Crippen LogP contribution in [-0.4, -0.2) is 21.7 Å². The summed E-state index contributed by atoms with van der Waals surface area (Å²) in [6, 6.07) is 0. The summed E-state index contributed by atoms with van der Waals surface area (Å²) in [5.41, 5.74) is 0. The van der Waals surface area contributed by atoms with Crippen LogP contribution in [0, 0.1) is 0 Å². The van der Waals surface area contributed by atoms with Crippen LogP contribution < -0.4 is 0 Å². The Morgan fingerprint density at radius 1 is 0.786 bits per heavy atom. The minimum atomic E-state index is -0.0110. The van der Waals surface area contributed by atoms with E-state index in [2.05, 4.69) is 11.8 Å². The zero-order valence-electron chi connectivity index (χ0n) is 8.95. The third-order valence-electron chi connectivity index (χ3n) is 3.59. The smallest absolute Gasteiger partial charge is 0.0658 e. The average Bonchev–Trinajstić information content (AvgIpc) is 2.60.